The van der Waals surface area contributed by atoms with Crippen molar-refractivity contribution in [3.8, 4) is 5.75 Å². The minimum Gasteiger partial charge on any atom is -0.489 e. The van der Waals surface area contributed by atoms with Crippen molar-refractivity contribution in [2.75, 3.05) is 11.6 Å². The lowest BCUT2D eigenvalue weighted by Crippen LogP contribution is -2.13. The summed E-state index contributed by atoms with van der Waals surface area (Å²) in [5.74, 6) is 0.545. The highest BCUT2D eigenvalue weighted by atomic mass is 32.2. The van der Waals surface area contributed by atoms with E-state index in [1.54, 1.807) is 24.3 Å². The third-order valence-electron chi connectivity index (χ3n) is 4.04. The molecule has 9 heteroatoms. The summed E-state index contributed by atoms with van der Waals surface area (Å²) >= 11 is 0. The van der Waals surface area contributed by atoms with Crippen molar-refractivity contribution < 1.29 is 13.7 Å². The number of hydrogen-bond donors (Lipinski definition) is 2. The summed E-state index contributed by atoms with van der Waals surface area (Å²) in [6.07, 6.45) is 2.86. The Morgan fingerprint density at radius 2 is 2.00 bits per heavy atom. The molecule has 1 aromatic heterocycles. The number of aromatic nitrogens is 2. The van der Waals surface area contributed by atoms with Crippen molar-refractivity contribution in [3.05, 3.63) is 47.8 Å². The van der Waals surface area contributed by atoms with Gasteiger partial charge in [0.15, 0.2) is 0 Å². The minimum atomic E-state index is -1.31. The van der Waals surface area contributed by atoms with Crippen LogP contribution in [0.4, 0.5) is 17.2 Å². The molecule has 2 aromatic carbocycles. The summed E-state index contributed by atoms with van der Waals surface area (Å²) in [5.41, 5.74) is 8.54. The number of carbonyl (C=O) groups is 1. The normalized spacial score (nSPS) is 12.3. The largest absolute Gasteiger partial charge is 0.489 e. The van der Waals surface area contributed by atoms with Crippen LogP contribution in [0, 0.1) is 6.92 Å². The predicted octanol–water partition coefficient (Wildman–Crippen LogP) is 3.98. The van der Waals surface area contributed by atoms with Gasteiger partial charge in [-0.15, -0.1) is 6.26 Å². The average Bonchev–Trinajstić information content (AvgIpc) is 2.61. The van der Waals surface area contributed by atoms with Crippen molar-refractivity contribution in [2.45, 2.75) is 26.9 Å². The first-order chi connectivity index (χ1) is 13.7. The van der Waals surface area contributed by atoms with Crippen LogP contribution in [0.5, 0.6) is 5.75 Å². The Labute approximate surface area is 170 Å². The number of ether oxygens (including phenoxy) is 1. The molecule has 0 fully saturated rings. The van der Waals surface area contributed by atoms with Crippen LogP contribution in [0.15, 0.2) is 41.0 Å². The van der Waals surface area contributed by atoms with Crippen LogP contribution in [0.25, 0.3) is 10.9 Å². The number of aryl methyl sites for hydroxylation is 1. The van der Waals surface area contributed by atoms with E-state index in [4.69, 9.17) is 10.5 Å². The van der Waals surface area contributed by atoms with E-state index in [1.807, 2.05) is 26.8 Å². The number of benzene rings is 2. The third kappa shape index (κ3) is 4.80. The summed E-state index contributed by atoms with van der Waals surface area (Å²) < 4.78 is 21.4. The second kappa shape index (κ2) is 8.44. The van der Waals surface area contributed by atoms with Gasteiger partial charge in [-0.3, -0.25) is 4.79 Å². The van der Waals surface area contributed by atoms with Gasteiger partial charge in [-0.2, -0.15) is 10.6 Å². The monoisotopic (exact) mass is 412 g/mol. The number of primary amides is 1. The van der Waals surface area contributed by atoms with Gasteiger partial charge in [0.2, 0.25) is 5.91 Å². The van der Waals surface area contributed by atoms with Crippen molar-refractivity contribution in [1.82, 2.24) is 9.97 Å². The van der Waals surface area contributed by atoms with E-state index in [-0.39, 0.29) is 6.10 Å². The zero-order valence-corrected chi connectivity index (χ0v) is 17.4. The number of amides is 1. The number of hydrogen-bond acceptors (Lipinski definition) is 8. The van der Waals surface area contributed by atoms with Crippen LogP contribution in [0.3, 0.4) is 0 Å². The maximum absolute atomic E-state index is 11.5. The smallest absolute Gasteiger partial charge is 0.248 e. The van der Waals surface area contributed by atoms with Gasteiger partial charge >= 0.3 is 0 Å². The lowest BCUT2D eigenvalue weighted by Gasteiger charge is -2.17. The van der Waals surface area contributed by atoms with Crippen molar-refractivity contribution >= 4 is 44.6 Å². The first-order valence-electron chi connectivity index (χ1n) is 8.92. The summed E-state index contributed by atoms with van der Waals surface area (Å²) in [7, 11) is -1.31. The molecule has 0 atom stereocenters. The Morgan fingerprint density at radius 1 is 1.24 bits per heavy atom. The Bertz CT molecular complexity index is 1170. The van der Waals surface area contributed by atoms with Gasteiger partial charge in [0.1, 0.15) is 17.9 Å². The van der Waals surface area contributed by atoms with Gasteiger partial charge in [0.25, 0.3) is 0 Å². The molecule has 0 saturated heterocycles. The molecule has 1 amide bonds. The molecule has 0 aliphatic rings. The fourth-order valence-corrected chi connectivity index (χ4v) is 3.33. The Kier molecular flexibility index (Phi) is 5.97. The van der Waals surface area contributed by atoms with E-state index in [2.05, 4.69) is 19.6 Å². The Balaban J connectivity index is 2.09. The lowest BCUT2D eigenvalue weighted by molar-refractivity contribution is 0.0999. The van der Waals surface area contributed by atoms with Crippen molar-refractivity contribution in [3.63, 3.8) is 0 Å². The number of anilines is 2. The van der Waals surface area contributed by atoms with E-state index in [9.17, 15) is 9.00 Å². The van der Waals surface area contributed by atoms with E-state index in [0.29, 0.717) is 34.0 Å². The topological polar surface area (TPSA) is 120 Å². The number of nitrogens with zero attached hydrogens (tertiary/aromatic N) is 3. The van der Waals surface area contributed by atoms with Crippen molar-refractivity contribution in [2.24, 2.45) is 10.1 Å². The van der Waals surface area contributed by atoms with Crippen LogP contribution in [0.1, 0.15) is 29.8 Å². The predicted molar refractivity (Wildman–Crippen MR) is 114 cm³/mol. The number of rotatable bonds is 6. The molecule has 0 spiro atoms. The quantitative estimate of drug-likeness (QED) is 0.591. The number of fused-ring (bicyclic) bond motifs is 1. The highest BCUT2D eigenvalue weighted by Gasteiger charge is 2.14. The first kappa shape index (κ1) is 20.5. The molecule has 0 radical (unpaired) electrons. The van der Waals surface area contributed by atoms with Crippen LogP contribution in [0.2, 0.25) is 0 Å². The fourth-order valence-electron chi connectivity index (χ4n) is 2.93. The number of nitrogens with two attached hydrogens (primary N) is 1. The highest BCUT2D eigenvalue weighted by molar-refractivity contribution is 7.74. The Hall–Kier alpha value is -3.20. The zero-order valence-electron chi connectivity index (χ0n) is 16.6. The second-order valence-corrected chi connectivity index (χ2v) is 7.79. The third-order valence-corrected chi connectivity index (χ3v) is 4.50. The number of nitrogens with one attached hydrogen (secondary N) is 1. The van der Waals surface area contributed by atoms with Gasteiger partial charge in [0, 0.05) is 16.6 Å². The standard InChI is InChI=1S/C20H22N5O3S/c1-11(2)28-17-8-13(19(21)26)5-6-15(17)24-20-18-12(3)7-14(25-29(4)27)9-16(18)22-10-23-20/h5-11H,1-4H3,(H2,21,26)(H,22,23,24)/q-1. The molecule has 3 aromatic rings. The van der Waals surface area contributed by atoms with E-state index < -0.39 is 16.5 Å². The van der Waals surface area contributed by atoms with Crippen molar-refractivity contribution in [1.29, 1.82) is 0 Å². The molecule has 29 heavy (non-hydrogen) atoms. The summed E-state index contributed by atoms with van der Waals surface area (Å²) in [4.78, 5) is 20.2. The zero-order chi connectivity index (χ0) is 21.1. The van der Waals surface area contributed by atoms with Crippen LogP contribution < -0.4 is 15.8 Å². The molecule has 0 aliphatic carbocycles. The van der Waals surface area contributed by atoms with Gasteiger partial charge in [-0.25, -0.2) is 9.97 Å². The van der Waals surface area contributed by atoms with Gasteiger partial charge < -0.3 is 24.4 Å². The SMILES string of the molecule is Cc1cc(N=[S-](C)=O)cc2ncnc(Nc3ccc(C(N)=O)cc3OC(C)C)c12. The van der Waals surface area contributed by atoms with Gasteiger partial charge in [0.05, 0.1) is 17.3 Å². The van der Waals surface area contributed by atoms with Gasteiger partial charge in [-0.1, -0.05) is 0 Å². The molecule has 0 unspecified atom stereocenters. The summed E-state index contributed by atoms with van der Waals surface area (Å²) in [6.45, 7) is 5.71. The maximum atomic E-state index is 11.5. The molecule has 8 nitrogen and oxygen atoms in total. The molecular weight excluding hydrogens is 390 g/mol. The molecular formula is C20H22N5O3S-. The van der Waals surface area contributed by atoms with E-state index in [0.717, 1.165) is 10.9 Å². The molecule has 152 valence electrons. The fraction of sp³-hybridized carbons (Fsp3) is 0.250. The molecule has 3 rings (SSSR count). The summed E-state index contributed by atoms with van der Waals surface area (Å²) in [5, 5.41) is 4.08. The molecule has 0 aliphatic heterocycles. The maximum Gasteiger partial charge on any atom is 0.248 e. The second-order valence-electron chi connectivity index (χ2n) is 6.76. The van der Waals surface area contributed by atoms with Crippen LogP contribution in [-0.4, -0.2) is 28.2 Å². The highest BCUT2D eigenvalue weighted by Crippen LogP contribution is 2.34. The van der Waals surface area contributed by atoms with Crippen LogP contribution in [-0.2, 0) is 14.8 Å². The average molecular weight is 412 g/mol. The van der Waals surface area contributed by atoms with E-state index >= 15 is 0 Å². The molecule has 3 N–H and O–H groups in total. The summed E-state index contributed by atoms with van der Waals surface area (Å²) in [6, 6.07) is 8.55. The first-order valence-corrected chi connectivity index (χ1v) is 10.4. The van der Waals surface area contributed by atoms with Crippen LogP contribution >= 0.6 is 0 Å². The lowest BCUT2D eigenvalue weighted by atomic mass is 10.1. The molecule has 1 heterocycles. The van der Waals surface area contributed by atoms with Gasteiger partial charge in [-0.05, 0) is 56.7 Å². The Morgan fingerprint density at radius 3 is 2.66 bits per heavy atom. The molecule has 0 saturated carbocycles. The minimum absolute atomic E-state index is 0.0957. The molecule has 0 bridgehead atoms. The van der Waals surface area contributed by atoms with E-state index in [1.165, 1.54) is 12.6 Å². The number of carbonyl (C=O) groups excluding carboxylic acids is 1.